The Morgan fingerprint density at radius 2 is 1.44 bits per heavy atom. The third-order valence-corrected chi connectivity index (χ3v) is 2.50. The smallest absolute Gasteiger partial charge is 0.166 e. The molecule has 1 N–H and O–H groups in total. The molecule has 0 saturated heterocycles. The lowest BCUT2D eigenvalue weighted by Crippen LogP contribution is -2.04. The molecule has 3 nitrogen and oxygen atoms in total. The van der Waals surface area contributed by atoms with Crippen molar-refractivity contribution in [3.8, 4) is 5.75 Å². The second-order valence-electron chi connectivity index (χ2n) is 3.76. The fourth-order valence-corrected chi connectivity index (χ4v) is 1.58. The number of ketones is 2. The highest BCUT2D eigenvalue weighted by atomic mass is 16.3. The van der Waals surface area contributed by atoms with Crippen molar-refractivity contribution in [2.75, 3.05) is 0 Å². The zero-order valence-electron chi connectivity index (χ0n) is 9.83. The molecule has 1 rings (SSSR count). The number of Topliss-reactive ketones (excluding diaryl/α,β-unsaturated/α-hetero) is 2. The topological polar surface area (TPSA) is 54.4 Å². The maximum absolute atomic E-state index is 11.6. The predicted molar refractivity (Wildman–Crippen MR) is 62.1 cm³/mol. The number of hydrogen-bond donors (Lipinski definition) is 1. The van der Waals surface area contributed by atoms with E-state index in [0.717, 1.165) is 5.56 Å². The minimum atomic E-state index is -0.177. The van der Waals surface area contributed by atoms with E-state index in [1.807, 2.05) is 0 Å². The van der Waals surface area contributed by atoms with Gasteiger partial charge in [0.05, 0.1) is 11.1 Å². The standard InChI is InChI=1S/C13H16O3/c1-4-11(14)9-6-8(3)7-10(13(9)16)12(15)5-2/h6-7,16H,4-5H2,1-3H3. The second kappa shape index (κ2) is 4.92. The van der Waals surface area contributed by atoms with E-state index in [4.69, 9.17) is 0 Å². The summed E-state index contributed by atoms with van der Waals surface area (Å²) >= 11 is 0. The fourth-order valence-electron chi connectivity index (χ4n) is 1.58. The number of aromatic hydroxyl groups is 1. The number of phenols is 1. The molecule has 16 heavy (non-hydrogen) atoms. The molecule has 0 fully saturated rings. The van der Waals surface area contributed by atoms with Crippen LogP contribution in [0.2, 0.25) is 0 Å². The Kier molecular flexibility index (Phi) is 3.82. The van der Waals surface area contributed by atoms with Crippen molar-refractivity contribution in [2.45, 2.75) is 33.6 Å². The molecule has 3 heteroatoms. The van der Waals surface area contributed by atoms with Crippen molar-refractivity contribution < 1.29 is 14.7 Å². The Bertz CT molecular complexity index is 396. The summed E-state index contributed by atoms with van der Waals surface area (Å²) < 4.78 is 0. The maximum atomic E-state index is 11.6. The summed E-state index contributed by atoms with van der Waals surface area (Å²) in [6.07, 6.45) is 0.632. The van der Waals surface area contributed by atoms with Crippen LogP contribution in [0.5, 0.6) is 5.75 Å². The molecule has 0 aliphatic heterocycles. The van der Waals surface area contributed by atoms with Gasteiger partial charge in [-0.15, -0.1) is 0 Å². The lowest BCUT2D eigenvalue weighted by atomic mass is 9.97. The minimum Gasteiger partial charge on any atom is -0.506 e. The Labute approximate surface area is 95.1 Å². The van der Waals surface area contributed by atoms with Crippen molar-refractivity contribution in [3.05, 3.63) is 28.8 Å². The van der Waals surface area contributed by atoms with E-state index in [1.54, 1.807) is 32.9 Å². The van der Waals surface area contributed by atoms with E-state index in [0.29, 0.717) is 12.8 Å². The van der Waals surface area contributed by atoms with Crippen molar-refractivity contribution in [2.24, 2.45) is 0 Å². The zero-order chi connectivity index (χ0) is 12.3. The first-order valence-electron chi connectivity index (χ1n) is 5.41. The zero-order valence-corrected chi connectivity index (χ0v) is 9.83. The molecule has 0 spiro atoms. The monoisotopic (exact) mass is 220 g/mol. The van der Waals surface area contributed by atoms with Gasteiger partial charge in [-0.3, -0.25) is 9.59 Å². The number of hydrogen-bond acceptors (Lipinski definition) is 3. The van der Waals surface area contributed by atoms with Gasteiger partial charge in [0.1, 0.15) is 5.75 Å². The van der Waals surface area contributed by atoms with Crippen LogP contribution >= 0.6 is 0 Å². The number of benzene rings is 1. The van der Waals surface area contributed by atoms with Crippen LogP contribution in [0.3, 0.4) is 0 Å². The van der Waals surface area contributed by atoms with Crippen molar-refractivity contribution in [1.29, 1.82) is 0 Å². The number of aryl methyl sites for hydroxylation is 1. The van der Waals surface area contributed by atoms with Crippen LogP contribution in [0.15, 0.2) is 12.1 Å². The van der Waals surface area contributed by atoms with Crippen molar-refractivity contribution >= 4 is 11.6 Å². The van der Waals surface area contributed by atoms with Gasteiger partial charge in [0.2, 0.25) is 0 Å². The lowest BCUT2D eigenvalue weighted by Gasteiger charge is -2.08. The van der Waals surface area contributed by atoms with Gasteiger partial charge in [0.25, 0.3) is 0 Å². The van der Waals surface area contributed by atoms with Gasteiger partial charge in [-0.05, 0) is 24.6 Å². The summed E-state index contributed by atoms with van der Waals surface area (Å²) in [4.78, 5) is 23.2. The molecular weight excluding hydrogens is 204 g/mol. The summed E-state index contributed by atoms with van der Waals surface area (Å²) in [5, 5.41) is 9.87. The third-order valence-electron chi connectivity index (χ3n) is 2.50. The van der Waals surface area contributed by atoms with Gasteiger partial charge in [-0.25, -0.2) is 0 Å². The molecule has 0 heterocycles. The Morgan fingerprint density at radius 3 is 1.75 bits per heavy atom. The van der Waals surface area contributed by atoms with Crippen molar-refractivity contribution in [3.63, 3.8) is 0 Å². The lowest BCUT2D eigenvalue weighted by molar-refractivity contribution is 0.0983. The molecule has 1 aromatic carbocycles. The number of carbonyl (C=O) groups is 2. The Balaban J connectivity index is 3.37. The van der Waals surface area contributed by atoms with Crippen molar-refractivity contribution in [1.82, 2.24) is 0 Å². The quantitative estimate of drug-likeness (QED) is 0.794. The van der Waals surface area contributed by atoms with Crippen LogP contribution < -0.4 is 0 Å². The Hall–Kier alpha value is -1.64. The van der Waals surface area contributed by atoms with Crippen LogP contribution in [-0.2, 0) is 0 Å². The molecule has 1 aromatic rings. The van der Waals surface area contributed by atoms with Gasteiger partial charge in [0.15, 0.2) is 11.6 Å². The van der Waals surface area contributed by atoms with E-state index in [2.05, 4.69) is 0 Å². The van der Waals surface area contributed by atoms with Gasteiger partial charge < -0.3 is 5.11 Å². The summed E-state index contributed by atoms with van der Waals surface area (Å²) in [6, 6.07) is 3.24. The highest BCUT2D eigenvalue weighted by Crippen LogP contribution is 2.26. The normalized spacial score (nSPS) is 10.2. The first-order chi connectivity index (χ1) is 7.51. The van der Waals surface area contributed by atoms with Crippen LogP contribution in [0.1, 0.15) is 53.0 Å². The third kappa shape index (κ3) is 2.30. The molecule has 0 saturated carbocycles. The van der Waals surface area contributed by atoms with E-state index >= 15 is 0 Å². The van der Waals surface area contributed by atoms with E-state index in [1.165, 1.54) is 0 Å². The highest BCUT2D eigenvalue weighted by Gasteiger charge is 2.17. The average Bonchev–Trinajstić information content (AvgIpc) is 2.29. The predicted octanol–water partition coefficient (Wildman–Crippen LogP) is 2.89. The summed E-state index contributed by atoms with van der Waals surface area (Å²) in [5.41, 5.74) is 1.31. The van der Waals surface area contributed by atoms with Crippen LogP contribution in [0, 0.1) is 6.92 Å². The highest BCUT2D eigenvalue weighted by molar-refractivity contribution is 6.05. The number of carbonyl (C=O) groups excluding carboxylic acids is 2. The molecule has 0 radical (unpaired) electrons. The number of phenolic OH excluding ortho intramolecular Hbond substituents is 1. The minimum absolute atomic E-state index is 0.147. The van der Waals surface area contributed by atoms with Crippen LogP contribution in [-0.4, -0.2) is 16.7 Å². The first kappa shape index (κ1) is 12.4. The van der Waals surface area contributed by atoms with Gasteiger partial charge in [-0.2, -0.15) is 0 Å². The molecular formula is C13H16O3. The maximum Gasteiger partial charge on any atom is 0.166 e. The van der Waals surface area contributed by atoms with E-state index < -0.39 is 0 Å². The molecule has 0 aromatic heterocycles. The first-order valence-corrected chi connectivity index (χ1v) is 5.41. The molecule has 0 aliphatic carbocycles. The second-order valence-corrected chi connectivity index (χ2v) is 3.76. The SMILES string of the molecule is CCC(=O)c1cc(C)cc(C(=O)CC)c1O. The largest absolute Gasteiger partial charge is 0.506 e. The molecule has 0 amide bonds. The molecule has 0 unspecified atom stereocenters. The van der Waals surface area contributed by atoms with E-state index in [9.17, 15) is 14.7 Å². The summed E-state index contributed by atoms with van der Waals surface area (Å²) in [6.45, 7) is 5.26. The van der Waals surface area contributed by atoms with Gasteiger partial charge in [0, 0.05) is 12.8 Å². The van der Waals surface area contributed by atoms with E-state index in [-0.39, 0.29) is 28.4 Å². The van der Waals surface area contributed by atoms with Crippen LogP contribution in [0.25, 0.3) is 0 Å². The van der Waals surface area contributed by atoms with Gasteiger partial charge >= 0.3 is 0 Å². The Morgan fingerprint density at radius 1 is 1.06 bits per heavy atom. The summed E-state index contributed by atoms with van der Waals surface area (Å²) in [5.74, 6) is -0.470. The van der Waals surface area contributed by atoms with Crippen LogP contribution in [0.4, 0.5) is 0 Å². The molecule has 0 bridgehead atoms. The number of rotatable bonds is 4. The molecule has 0 atom stereocenters. The molecule has 0 aliphatic rings. The molecule has 86 valence electrons. The summed E-state index contributed by atoms with van der Waals surface area (Å²) in [7, 11) is 0. The van der Waals surface area contributed by atoms with Gasteiger partial charge in [-0.1, -0.05) is 13.8 Å². The average molecular weight is 220 g/mol. The fraction of sp³-hybridized carbons (Fsp3) is 0.385.